The molecule has 21 heavy (non-hydrogen) atoms. The summed E-state index contributed by atoms with van der Waals surface area (Å²) in [5.74, 6) is 0. The van der Waals surface area contributed by atoms with Gasteiger partial charge in [-0.25, -0.2) is 4.79 Å². The van der Waals surface area contributed by atoms with Gasteiger partial charge in [0.1, 0.15) is 0 Å². The van der Waals surface area contributed by atoms with Crippen LogP contribution in [0, 0.1) is 17.0 Å². The molecule has 1 atom stereocenters. The third-order valence-electron chi connectivity index (χ3n) is 3.31. The molecular weight excluding hydrogens is 274 g/mol. The number of aryl methyl sites for hydroxylation is 1. The van der Waals surface area contributed by atoms with Gasteiger partial charge in [0, 0.05) is 24.7 Å². The molecule has 0 saturated carbocycles. The zero-order valence-corrected chi connectivity index (χ0v) is 12.5. The molecule has 2 amide bonds. The number of nitrogens with one attached hydrogen (secondary N) is 1. The summed E-state index contributed by atoms with van der Waals surface area (Å²) in [4.78, 5) is 24.0. The van der Waals surface area contributed by atoms with E-state index in [0.717, 1.165) is 0 Å². The van der Waals surface area contributed by atoms with Crippen LogP contribution in [0.5, 0.6) is 0 Å². The van der Waals surface area contributed by atoms with Crippen LogP contribution >= 0.6 is 0 Å². The highest BCUT2D eigenvalue weighted by molar-refractivity contribution is 5.74. The minimum atomic E-state index is -0.433. The number of urea groups is 1. The van der Waals surface area contributed by atoms with Crippen molar-refractivity contribution < 1.29 is 14.8 Å². The summed E-state index contributed by atoms with van der Waals surface area (Å²) in [5, 5.41) is 22.6. The van der Waals surface area contributed by atoms with Crippen molar-refractivity contribution >= 4 is 11.7 Å². The third kappa shape index (κ3) is 4.42. The fourth-order valence-electron chi connectivity index (χ4n) is 1.98. The van der Waals surface area contributed by atoms with E-state index >= 15 is 0 Å². The molecule has 0 aliphatic heterocycles. The molecule has 1 rings (SSSR count). The molecule has 0 aliphatic rings. The number of nitro groups is 1. The zero-order valence-electron chi connectivity index (χ0n) is 12.5. The predicted molar refractivity (Wildman–Crippen MR) is 79.1 cm³/mol. The fourth-order valence-corrected chi connectivity index (χ4v) is 1.98. The summed E-state index contributed by atoms with van der Waals surface area (Å²) in [7, 11) is 0. The molecule has 0 heterocycles. The second-order valence-electron chi connectivity index (χ2n) is 4.78. The second kappa shape index (κ2) is 7.58. The summed E-state index contributed by atoms with van der Waals surface area (Å²) in [6, 6.07) is 4.24. The lowest BCUT2D eigenvalue weighted by molar-refractivity contribution is -0.385. The molecule has 0 spiro atoms. The maximum absolute atomic E-state index is 12.0. The van der Waals surface area contributed by atoms with E-state index < -0.39 is 4.92 Å². The Balaban J connectivity index is 2.84. The summed E-state index contributed by atoms with van der Waals surface area (Å²) < 4.78 is 0. The highest BCUT2D eigenvalue weighted by Crippen LogP contribution is 2.23. The molecular formula is C14H21N3O4. The molecule has 7 heteroatoms. The first-order valence-electron chi connectivity index (χ1n) is 6.82. The average molecular weight is 295 g/mol. The molecule has 0 bridgehead atoms. The Morgan fingerprint density at radius 3 is 2.71 bits per heavy atom. The van der Waals surface area contributed by atoms with Crippen LogP contribution in [0.3, 0.4) is 0 Å². The van der Waals surface area contributed by atoms with Crippen molar-refractivity contribution in [3.8, 4) is 0 Å². The maximum Gasteiger partial charge on any atom is 0.317 e. The number of carbonyl (C=O) groups is 1. The van der Waals surface area contributed by atoms with Crippen LogP contribution in [0.25, 0.3) is 0 Å². The molecule has 0 radical (unpaired) electrons. The first-order valence-corrected chi connectivity index (χ1v) is 6.82. The highest BCUT2D eigenvalue weighted by Gasteiger charge is 2.18. The van der Waals surface area contributed by atoms with Crippen molar-refractivity contribution in [1.82, 2.24) is 10.2 Å². The zero-order chi connectivity index (χ0) is 16.0. The number of carbonyl (C=O) groups excluding carboxylic acids is 1. The van der Waals surface area contributed by atoms with Gasteiger partial charge in [-0.1, -0.05) is 12.1 Å². The Morgan fingerprint density at radius 1 is 1.52 bits per heavy atom. The first-order chi connectivity index (χ1) is 9.90. The number of rotatable bonds is 6. The summed E-state index contributed by atoms with van der Waals surface area (Å²) >= 11 is 0. The molecule has 1 aromatic rings. The van der Waals surface area contributed by atoms with Crippen LogP contribution in [0.1, 0.15) is 31.0 Å². The monoisotopic (exact) mass is 295 g/mol. The second-order valence-corrected chi connectivity index (χ2v) is 4.78. The number of likely N-dealkylation sites (N-methyl/N-ethyl adjacent to an activating group) is 1. The van der Waals surface area contributed by atoms with Crippen molar-refractivity contribution in [1.29, 1.82) is 0 Å². The Bertz CT molecular complexity index is 519. The number of amides is 2. The van der Waals surface area contributed by atoms with E-state index in [-0.39, 0.29) is 30.9 Å². The van der Waals surface area contributed by atoms with Gasteiger partial charge < -0.3 is 15.3 Å². The number of hydrogen-bond donors (Lipinski definition) is 2. The fraction of sp³-hybridized carbons (Fsp3) is 0.500. The van der Waals surface area contributed by atoms with Crippen molar-refractivity contribution in [3.05, 3.63) is 39.4 Å². The van der Waals surface area contributed by atoms with E-state index in [1.807, 2.05) is 6.92 Å². The van der Waals surface area contributed by atoms with E-state index in [1.165, 1.54) is 11.0 Å². The summed E-state index contributed by atoms with van der Waals surface area (Å²) in [6.45, 7) is 5.88. The van der Waals surface area contributed by atoms with Gasteiger partial charge >= 0.3 is 6.03 Å². The van der Waals surface area contributed by atoms with Crippen molar-refractivity contribution in [2.75, 3.05) is 19.7 Å². The largest absolute Gasteiger partial charge is 0.395 e. The quantitative estimate of drug-likeness (QED) is 0.619. The minimum absolute atomic E-state index is 0.0382. The van der Waals surface area contributed by atoms with Crippen LogP contribution in [-0.2, 0) is 0 Å². The van der Waals surface area contributed by atoms with Crippen LogP contribution in [0.2, 0.25) is 0 Å². The highest BCUT2D eigenvalue weighted by atomic mass is 16.6. The molecule has 1 aromatic carbocycles. The number of benzene rings is 1. The van der Waals surface area contributed by atoms with E-state index in [0.29, 0.717) is 17.7 Å². The van der Waals surface area contributed by atoms with Crippen molar-refractivity contribution in [3.63, 3.8) is 0 Å². The Kier molecular flexibility index (Phi) is 6.10. The van der Waals surface area contributed by atoms with Crippen molar-refractivity contribution in [2.24, 2.45) is 0 Å². The molecule has 1 unspecified atom stereocenters. The van der Waals surface area contributed by atoms with Gasteiger partial charge in [0.05, 0.1) is 17.6 Å². The molecule has 2 N–H and O–H groups in total. The molecule has 0 aliphatic carbocycles. The number of nitro benzene ring substituents is 1. The summed E-state index contributed by atoms with van der Waals surface area (Å²) in [6.07, 6.45) is 0. The van der Waals surface area contributed by atoms with E-state index in [1.54, 1.807) is 26.0 Å². The third-order valence-corrected chi connectivity index (χ3v) is 3.31. The number of hydrogen-bond acceptors (Lipinski definition) is 4. The van der Waals surface area contributed by atoms with E-state index in [2.05, 4.69) is 5.32 Å². The van der Waals surface area contributed by atoms with Gasteiger partial charge in [0.2, 0.25) is 0 Å². The number of nitrogens with zero attached hydrogens (tertiary/aromatic N) is 2. The lowest BCUT2D eigenvalue weighted by Crippen LogP contribution is -2.42. The first kappa shape index (κ1) is 16.9. The Labute approximate surface area is 123 Å². The lowest BCUT2D eigenvalue weighted by atomic mass is 10.0. The smallest absolute Gasteiger partial charge is 0.317 e. The van der Waals surface area contributed by atoms with Crippen LogP contribution in [0.15, 0.2) is 18.2 Å². The molecule has 0 saturated heterocycles. The molecule has 116 valence electrons. The predicted octanol–water partition coefficient (Wildman–Crippen LogP) is 1.99. The topological polar surface area (TPSA) is 95.7 Å². The summed E-state index contributed by atoms with van der Waals surface area (Å²) in [5.41, 5.74) is 1.29. The van der Waals surface area contributed by atoms with Crippen molar-refractivity contribution in [2.45, 2.75) is 26.8 Å². The average Bonchev–Trinajstić information content (AvgIpc) is 2.44. The van der Waals surface area contributed by atoms with Gasteiger partial charge in [0.15, 0.2) is 0 Å². The van der Waals surface area contributed by atoms with E-state index in [9.17, 15) is 14.9 Å². The molecule has 7 nitrogen and oxygen atoms in total. The van der Waals surface area contributed by atoms with E-state index in [4.69, 9.17) is 5.11 Å². The SMILES string of the molecule is CCN(CCO)C(=O)NC(C)c1ccc(C)c([N+](=O)[O-])c1. The number of aliphatic hydroxyl groups is 1. The Morgan fingerprint density at radius 2 is 2.19 bits per heavy atom. The van der Waals surface area contributed by atoms with Crippen LogP contribution in [-0.4, -0.2) is 40.7 Å². The lowest BCUT2D eigenvalue weighted by Gasteiger charge is -2.23. The van der Waals surface area contributed by atoms with Crippen LogP contribution in [0.4, 0.5) is 10.5 Å². The Hall–Kier alpha value is -2.15. The standard InChI is InChI=1S/C14H21N3O4/c1-4-16(7-8-18)14(19)15-11(3)12-6-5-10(2)13(9-12)17(20)21/h5-6,9,11,18H,4,7-8H2,1-3H3,(H,15,19). The van der Waals surface area contributed by atoms with Gasteiger partial charge in [-0.15, -0.1) is 0 Å². The molecule has 0 fully saturated rings. The molecule has 0 aromatic heterocycles. The minimum Gasteiger partial charge on any atom is -0.395 e. The normalized spacial score (nSPS) is 11.8. The van der Waals surface area contributed by atoms with Gasteiger partial charge in [-0.05, 0) is 26.3 Å². The van der Waals surface area contributed by atoms with Gasteiger partial charge in [0.25, 0.3) is 5.69 Å². The van der Waals surface area contributed by atoms with Gasteiger partial charge in [-0.3, -0.25) is 10.1 Å². The number of aliphatic hydroxyl groups excluding tert-OH is 1. The van der Waals surface area contributed by atoms with Gasteiger partial charge in [-0.2, -0.15) is 0 Å². The maximum atomic E-state index is 12.0. The van der Waals surface area contributed by atoms with Crippen LogP contribution < -0.4 is 5.32 Å².